The van der Waals surface area contributed by atoms with E-state index < -0.39 is 0 Å². The first-order valence-electron chi connectivity index (χ1n) is 8.46. The van der Waals surface area contributed by atoms with Crippen LogP contribution in [0.15, 0.2) is 70.0 Å². The molecular weight excluding hydrogens is 395 g/mol. The standard InChI is InChI=1S/C21H15FN2O2S2/c22-16-5-3-15(4-6-16)19-13-28-21(23-19)24-20(25)8-7-18-11-14(12-27-18)10-17-2-1-9-26-17/h1-9,11-13H,10H2,(H,23,24,25). The molecule has 0 bridgehead atoms. The molecule has 0 fully saturated rings. The summed E-state index contributed by atoms with van der Waals surface area (Å²) in [6, 6.07) is 11.9. The lowest BCUT2D eigenvalue weighted by molar-refractivity contribution is -0.111. The van der Waals surface area contributed by atoms with Crippen LogP contribution in [0.1, 0.15) is 16.2 Å². The Hall–Kier alpha value is -3.03. The minimum Gasteiger partial charge on any atom is -0.469 e. The van der Waals surface area contributed by atoms with Gasteiger partial charge in [-0.2, -0.15) is 0 Å². The summed E-state index contributed by atoms with van der Waals surface area (Å²) in [6.07, 6.45) is 5.66. The van der Waals surface area contributed by atoms with E-state index >= 15 is 0 Å². The monoisotopic (exact) mass is 410 g/mol. The van der Waals surface area contributed by atoms with Crippen molar-refractivity contribution in [2.75, 3.05) is 5.32 Å². The number of rotatable bonds is 6. The minimum absolute atomic E-state index is 0.249. The molecule has 28 heavy (non-hydrogen) atoms. The maximum atomic E-state index is 13.0. The Bertz CT molecular complexity index is 1100. The van der Waals surface area contributed by atoms with Crippen molar-refractivity contribution in [1.82, 2.24) is 4.98 Å². The molecule has 0 aliphatic heterocycles. The molecule has 0 radical (unpaired) electrons. The molecule has 3 aromatic heterocycles. The number of halogens is 1. The zero-order chi connectivity index (χ0) is 19.3. The number of aromatic nitrogens is 1. The van der Waals surface area contributed by atoms with E-state index in [0.717, 1.165) is 28.2 Å². The summed E-state index contributed by atoms with van der Waals surface area (Å²) >= 11 is 2.90. The Morgan fingerprint density at radius 2 is 2.04 bits per heavy atom. The summed E-state index contributed by atoms with van der Waals surface area (Å²) in [4.78, 5) is 17.5. The Kier molecular flexibility index (Phi) is 5.45. The molecule has 7 heteroatoms. The molecule has 1 N–H and O–H groups in total. The van der Waals surface area contributed by atoms with E-state index in [-0.39, 0.29) is 11.7 Å². The fraction of sp³-hybridized carbons (Fsp3) is 0.0476. The van der Waals surface area contributed by atoms with Gasteiger partial charge in [-0.25, -0.2) is 9.37 Å². The maximum absolute atomic E-state index is 13.0. The van der Waals surface area contributed by atoms with Gasteiger partial charge in [0.1, 0.15) is 11.6 Å². The Balaban J connectivity index is 1.35. The third-order valence-corrected chi connectivity index (χ3v) is 5.61. The third kappa shape index (κ3) is 4.62. The second kappa shape index (κ2) is 8.33. The van der Waals surface area contributed by atoms with Gasteiger partial charge < -0.3 is 4.42 Å². The van der Waals surface area contributed by atoms with Gasteiger partial charge >= 0.3 is 0 Å². The van der Waals surface area contributed by atoms with E-state index in [1.807, 2.05) is 23.6 Å². The number of carbonyl (C=O) groups is 1. The molecule has 1 aromatic carbocycles. The van der Waals surface area contributed by atoms with E-state index in [9.17, 15) is 9.18 Å². The lowest BCUT2D eigenvalue weighted by atomic mass is 10.2. The van der Waals surface area contributed by atoms with Gasteiger partial charge in [0.05, 0.1) is 12.0 Å². The molecule has 4 rings (SSSR count). The molecule has 0 aliphatic carbocycles. The second-order valence-corrected chi connectivity index (χ2v) is 7.78. The van der Waals surface area contributed by atoms with Crippen LogP contribution in [-0.4, -0.2) is 10.9 Å². The summed E-state index contributed by atoms with van der Waals surface area (Å²) < 4.78 is 18.4. The first-order chi connectivity index (χ1) is 13.7. The molecule has 4 nitrogen and oxygen atoms in total. The zero-order valence-electron chi connectivity index (χ0n) is 14.6. The van der Waals surface area contributed by atoms with E-state index in [0.29, 0.717) is 10.8 Å². The summed E-state index contributed by atoms with van der Waals surface area (Å²) in [7, 11) is 0. The lowest BCUT2D eigenvalue weighted by Gasteiger charge is -1.97. The fourth-order valence-electron chi connectivity index (χ4n) is 2.58. The molecule has 0 atom stereocenters. The number of anilines is 1. The molecule has 4 aromatic rings. The molecule has 0 unspecified atom stereocenters. The van der Waals surface area contributed by atoms with Crippen molar-refractivity contribution in [2.45, 2.75) is 6.42 Å². The van der Waals surface area contributed by atoms with Gasteiger partial charge in [-0.3, -0.25) is 10.1 Å². The van der Waals surface area contributed by atoms with Crippen LogP contribution in [0.2, 0.25) is 0 Å². The van der Waals surface area contributed by atoms with Crippen LogP contribution in [0.25, 0.3) is 17.3 Å². The fourth-order valence-corrected chi connectivity index (χ4v) is 4.11. The smallest absolute Gasteiger partial charge is 0.250 e. The average molecular weight is 410 g/mol. The molecule has 1 amide bonds. The first kappa shape index (κ1) is 18.3. The predicted molar refractivity (Wildman–Crippen MR) is 111 cm³/mol. The van der Waals surface area contributed by atoms with E-state index in [2.05, 4.69) is 15.7 Å². The highest BCUT2D eigenvalue weighted by atomic mass is 32.1. The van der Waals surface area contributed by atoms with E-state index in [1.54, 1.807) is 35.8 Å². The number of amides is 1. The zero-order valence-corrected chi connectivity index (χ0v) is 16.2. The number of hydrogen-bond acceptors (Lipinski definition) is 5. The Morgan fingerprint density at radius 3 is 2.82 bits per heavy atom. The lowest BCUT2D eigenvalue weighted by Crippen LogP contribution is -2.07. The van der Waals surface area contributed by atoms with Gasteiger partial charge in [0, 0.05) is 28.3 Å². The number of thiazole rings is 1. The summed E-state index contributed by atoms with van der Waals surface area (Å²) in [6.45, 7) is 0. The van der Waals surface area contributed by atoms with Crippen LogP contribution in [0, 0.1) is 5.82 Å². The number of benzene rings is 1. The number of hydrogen-bond donors (Lipinski definition) is 1. The highest BCUT2D eigenvalue weighted by Crippen LogP contribution is 2.25. The van der Waals surface area contributed by atoms with Gasteiger partial charge in [-0.1, -0.05) is 0 Å². The highest BCUT2D eigenvalue weighted by molar-refractivity contribution is 7.14. The molecule has 0 saturated heterocycles. The van der Waals surface area contributed by atoms with Gasteiger partial charge in [-0.15, -0.1) is 22.7 Å². The maximum Gasteiger partial charge on any atom is 0.250 e. The van der Waals surface area contributed by atoms with Crippen molar-refractivity contribution in [2.24, 2.45) is 0 Å². The van der Waals surface area contributed by atoms with Crippen molar-refractivity contribution in [3.8, 4) is 11.3 Å². The highest BCUT2D eigenvalue weighted by Gasteiger charge is 2.07. The van der Waals surface area contributed by atoms with Gasteiger partial charge in [-0.05, 0) is 59.5 Å². The second-order valence-electron chi connectivity index (χ2n) is 5.98. The molecule has 0 aliphatic rings. The van der Waals surface area contributed by atoms with Crippen LogP contribution in [0.5, 0.6) is 0 Å². The number of furan rings is 1. The quantitative estimate of drug-likeness (QED) is 0.406. The number of thiophene rings is 1. The normalized spacial score (nSPS) is 11.2. The molecule has 3 heterocycles. The Labute approximate surface area is 169 Å². The van der Waals surface area contributed by atoms with Crippen molar-refractivity contribution in [3.05, 3.63) is 87.6 Å². The predicted octanol–water partition coefficient (Wildman–Crippen LogP) is 5.85. The van der Waals surface area contributed by atoms with Crippen molar-refractivity contribution in [3.63, 3.8) is 0 Å². The van der Waals surface area contributed by atoms with Crippen LogP contribution in [0.3, 0.4) is 0 Å². The first-order valence-corrected chi connectivity index (χ1v) is 10.2. The summed E-state index contributed by atoms with van der Waals surface area (Å²) in [5.74, 6) is 0.367. The summed E-state index contributed by atoms with van der Waals surface area (Å²) in [5.41, 5.74) is 2.64. The Morgan fingerprint density at radius 1 is 1.18 bits per heavy atom. The van der Waals surface area contributed by atoms with Gasteiger partial charge in [0.15, 0.2) is 5.13 Å². The number of carbonyl (C=O) groups excluding carboxylic acids is 1. The largest absolute Gasteiger partial charge is 0.469 e. The van der Waals surface area contributed by atoms with Crippen LogP contribution >= 0.6 is 22.7 Å². The minimum atomic E-state index is -0.293. The molecular formula is C21H15FN2O2S2. The van der Waals surface area contributed by atoms with Gasteiger partial charge in [0.25, 0.3) is 0 Å². The average Bonchev–Trinajstić information content (AvgIpc) is 3.44. The van der Waals surface area contributed by atoms with Crippen LogP contribution in [0.4, 0.5) is 9.52 Å². The van der Waals surface area contributed by atoms with Crippen molar-refractivity contribution in [1.29, 1.82) is 0 Å². The van der Waals surface area contributed by atoms with Crippen LogP contribution < -0.4 is 5.32 Å². The van der Waals surface area contributed by atoms with Crippen molar-refractivity contribution >= 4 is 39.8 Å². The van der Waals surface area contributed by atoms with Gasteiger partial charge in [0.2, 0.25) is 5.91 Å². The third-order valence-electron chi connectivity index (χ3n) is 3.91. The topological polar surface area (TPSA) is 55.1 Å². The van der Waals surface area contributed by atoms with E-state index in [4.69, 9.17) is 4.42 Å². The molecule has 0 spiro atoms. The molecule has 0 saturated carbocycles. The number of nitrogens with zero attached hydrogens (tertiary/aromatic N) is 1. The SMILES string of the molecule is O=C(C=Cc1cc(Cc2ccco2)cs1)Nc1nc(-c2ccc(F)cc2)cs1. The molecule has 140 valence electrons. The number of nitrogens with one attached hydrogen (secondary N) is 1. The summed E-state index contributed by atoms with van der Waals surface area (Å²) in [5, 5.41) is 7.13. The van der Waals surface area contributed by atoms with Crippen molar-refractivity contribution < 1.29 is 13.6 Å². The van der Waals surface area contributed by atoms with Crippen LogP contribution in [-0.2, 0) is 11.2 Å². The van der Waals surface area contributed by atoms with E-state index in [1.165, 1.54) is 29.5 Å².